The average Bonchev–Trinajstić information content (AvgIpc) is 3.09. The Bertz CT molecular complexity index is 658. The van der Waals surface area contributed by atoms with Crippen LogP contribution < -0.4 is 10.2 Å². The van der Waals surface area contributed by atoms with Crippen LogP contribution >= 0.6 is 15.9 Å². The summed E-state index contributed by atoms with van der Waals surface area (Å²) in [6.07, 6.45) is 1.43. The number of halogens is 1. The van der Waals surface area contributed by atoms with Crippen molar-refractivity contribution in [2.75, 3.05) is 25.2 Å². The second-order valence-electron chi connectivity index (χ2n) is 4.90. The highest BCUT2D eigenvalue weighted by molar-refractivity contribution is 9.10. The molecule has 2 aromatic carbocycles. The van der Waals surface area contributed by atoms with Crippen LogP contribution in [0, 0.1) is 0 Å². The van der Waals surface area contributed by atoms with Crippen molar-refractivity contribution in [1.82, 2.24) is 0 Å². The van der Waals surface area contributed by atoms with Gasteiger partial charge in [-0.15, -0.1) is 0 Å². The van der Waals surface area contributed by atoms with Crippen LogP contribution in [0.3, 0.4) is 0 Å². The third-order valence-electron chi connectivity index (χ3n) is 3.21. The van der Waals surface area contributed by atoms with Crippen molar-refractivity contribution in [3.8, 4) is 5.75 Å². The fourth-order valence-corrected chi connectivity index (χ4v) is 2.48. The number of anilines is 1. The normalized spacial score (nSPS) is 15.2. The Kier molecular flexibility index (Phi) is 5.63. The number of nitrogens with zero attached hydrogens (tertiary/aromatic N) is 1. The molecule has 2 aromatic rings. The number of para-hydroxylation sites is 1. The lowest BCUT2D eigenvalue weighted by Crippen LogP contribution is -2.18. The first-order valence-electron chi connectivity index (χ1n) is 7.31. The number of ether oxygens (including phenoxy) is 3. The first-order chi connectivity index (χ1) is 11.3. The molecule has 1 fully saturated rings. The van der Waals surface area contributed by atoms with Gasteiger partial charge in [0.1, 0.15) is 12.4 Å². The lowest BCUT2D eigenvalue weighted by Gasteiger charge is -2.13. The highest BCUT2D eigenvalue weighted by Gasteiger charge is 2.17. The monoisotopic (exact) mass is 376 g/mol. The molecule has 3 rings (SSSR count). The van der Waals surface area contributed by atoms with E-state index in [0.29, 0.717) is 19.8 Å². The van der Waals surface area contributed by atoms with Crippen molar-refractivity contribution in [3.05, 3.63) is 58.6 Å². The molecule has 0 atom stereocenters. The Labute approximate surface area is 143 Å². The maximum Gasteiger partial charge on any atom is 0.191 e. The van der Waals surface area contributed by atoms with Gasteiger partial charge < -0.3 is 14.2 Å². The van der Waals surface area contributed by atoms with Gasteiger partial charge in [-0.05, 0) is 30.3 Å². The van der Waals surface area contributed by atoms with Crippen molar-refractivity contribution in [3.63, 3.8) is 0 Å². The zero-order chi connectivity index (χ0) is 15.9. The highest BCUT2D eigenvalue weighted by atomic mass is 79.9. The van der Waals surface area contributed by atoms with E-state index in [9.17, 15) is 0 Å². The van der Waals surface area contributed by atoms with Crippen molar-refractivity contribution in [1.29, 1.82) is 0 Å². The first kappa shape index (κ1) is 16.0. The summed E-state index contributed by atoms with van der Waals surface area (Å²) in [4.78, 5) is 0. The maximum atomic E-state index is 5.79. The minimum atomic E-state index is -0.300. The van der Waals surface area contributed by atoms with Gasteiger partial charge in [-0.1, -0.05) is 34.1 Å². The van der Waals surface area contributed by atoms with Crippen LogP contribution in [0.4, 0.5) is 5.69 Å². The SMILES string of the molecule is Brc1ccc(OCC2OCCO2)c(C=NNc2ccccc2)c1. The van der Waals surface area contributed by atoms with Gasteiger partial charge in [0.25, 0.3) is 0 Å². The molecule has 0 bridgehead atoms. The van der Waals surface area contributed by atoms with Crippen LogP contribution in [0.1, 0.15) is 5.56 Å². The Balaban J connectivity index is 1.65. The molecule has 120 valence electrons. The number of hydrogen-bond donors (Lipinski definition) is 1. The summed E-state index contributed by atoms with van der Waals surface area (Å²) in [6, 6.07) is 15.5. The van der Waals surface area contributed by atoms with Gasteiger partial charge in [0.15, 0.2) is 6.29 Å². The molecule has 1 heterocycles. The molecule has 0 amide bonds. The number of hydrazone groups is 1. The van der Waals surface area contributed by atoms with E-state index in [0.717, 1.165) is 21.5 Å². The Morgan fingerprint density at radius 1 is 1.17 bits per heavy atom. The number of benzene rings is 2. The van der Waals surface area contributed by atoms with Gasteiger partial charge in [-0.3, -0.25) is 5.43 Å². The highest BCUT2D eigenvalue weighted by Crippen LogP contribution is 2.22. The molecule has 1 saturated heterocycles. The van der Waals surface area contributed by atoms with Crippen LogP contribution in [0.15, 0.2) is 58.1 Å². The molecule has 0 saturated carbocycles. The molecule has 1 aliphatic rings. The minimum Gasteiger partial charge on any atom is -0.488 e. The van der Waals surface area contributed by atoms with E-state index >= 15 is 0 Å². The van der Waals surface area contributed by atoms with E-state index in [1.165, 1.54) is 0 Å². The molecule has 6 heteroatoms. The molecule has 5 nitrogen and oxygen atoms in total. The molecule has 0 aliphatic carbocycles. The second-order valence-corrected chi connectivity index (χ2v) is 5.82. The fourth-order valence-electron chi connectivity index (χ4n) is 2.10. The van der Waals surface area contributed by atoms with Crippen molar-refractivity contribution in [2.45, 2.75) is 6.29 Å². The number of hydrogen-bond acceptors (Lipinski definition) is 5. The van der Waals surface area contributed by atoms with Crippen molar-refractivity contribution in [2.24, 2.45) is 5.10 Å². The zero-order valence-electron chi connectivity index (χ0n) is 12.4. The predicted octanol–water partition coefficient (Wildman–Crippen LogP) is 3.65. The van der Waals surface area contributed by atoms with Crippen molar-refractivity contribution < 1.29 is 14.2 Å². The standard InChI is InChI=1S/C17H17BrN2O3/c18-14-6-7-16(23-12-17-21-8-9-22-17)13(10-14)11-19-20-15-4-2-1-3-5-15/h1-7,10-11,17,20H,8-9,12H2. The molecular weight excluding hydrogens is 360 g/mol. The average molecular weight is 377 g/mol. The van der Waals surface area contributed by atoms with Gasteiger partial charge in [0, 0.05) is 10.0 Å². The van der Waals surface area contributed by atoms with Gasteiger partial charge in [0.2, 0.25) is 0 Å². The van der Waals surface area contributed by atoms with Gasteiger partial charge in [-0.2, -0.15) is 5.10 Å². The number of nitrogens with one attached hydrogen (secondary N) is 1. The molecule has 0 aromatic heterocycles. The van der Waals surface area contributed by atoms with Crippen LogP contribution in [0.25, 0.3) is 0 Å². The molecule has 0 radical (unpaired) electrons. The summed E-state index contributed by atoms with van der Waals surface area (Å²) < 4.78 is 17.5. The summed E-state index contributed by atoms with van der Waals surface area (Å²) >= 11 is 3.46. The summed E-state index contributed by atoms with van der Waals surface area (Å²) in [7, 11) is 0. The molecule has 23 heavy (non-hydrogen) atoms. The van der Waals surface area contributed by atoms with E-state index in [1.807, 2.05) is 48.5 Å². The molecule has 0 unspecified atom stereocenters. The molecule has 1 aliphatic heterocycles. The molecule has 1 N–H and O–H groups in total. The quantitative estimate of drug-likeness (QED) is 0.617. The fraction of sp³-hybridized carbons (Fsp3) is 0.235. The summed E-state index contributed by atoms with van der Waals surface area (Å²) in [5.74, 6) is 0.728. The van der Waals surface area contributed by atoms with Crippen LogP contribution in [0.2, 0.25) is 0 Å². The minimum absolute atomic E-state index is 0.300. The maximum absolute atomic E-state index is 5.79. The van der Waals surface area contributed by atoms with E-state index < -0.39 is 0 Å². The second kappa shape index (κ2) is 8.10. The third-order valence-corrected chi connectivity index (χ3v) is 3.70. The summed E-state index contributed by atoms with van der Waals surface area (Å²) in [6.45, 7) is 1.59. The Hall–Kier alpha value is -1.89. The topological polar surface area (TPSA) is 52.1 Å². The largest absolute Gasteiger partial charge is 0.488 e. The zero-order valence-corrected chi connectivity index (χ0v) is 14.0. The summed E-state index contributed by atoms with van der Waals surface area (Å²) in [5, 5.41) is 4.26. The van der Waals surface area contributed by atoms with E-state index in [2.05, 4.69) is 26.5 Å². The third kappa shape index (κ3) is 4.79. The first-order valence-corrected chi connectivity index (χ1v) is 8.10. The smallest absolute Gasteiger partial charge is 0.191 e. The Morgan fingerprint density at radius 2 is 1.96 bits per heavy atom. The Morgan fingerprint density at radius 3 is 2.74 bits per heavy atom. The van der Waals surface area contributed by atoms with Crippen LogP contribution in [-0.2, 0) is 9.47 Å². The molecular formula is C17H17BrN2O3. The van der Waals surface area contributed by atoms with Gasteiger partial charge in [-0.25, -0.2) is 0 Å². The predicted molar refractivity (Wildman–Crippen MR) is 93.0 cm³/mol. The van der Waals surface area contributed by atoms with E-state index in [4.69, 9.17) is 14.2 Å². The lowest BCUT2D eigenvalue weighted by atomic mass is 10.2. The molecule has 0 spiro atoms. The van der Waals surface area contributed by atoms with Crippen LogP contribution in [-0.4, -0.2) is 32.3 Å². The van der Waals surface area contributed by atoms with Gasteiger partial charge in [0.05, 0.1) is 25.1 Å². The van der Waals surface area contributed by atoms with Crippen LogP contribution in [0.5, 0.6) is 5.75 Å². The number of rotatable bonds is 6. The lowest BCUT2D eigenvalue weighted by molar-refractivity contribution is -0.0684. The van der Waals surface area contributed by atoms with Gasteiger partial charge >= 0.3 is 0 Å². The summed E-state index contributed by atoms with van der Waals surface area (Å²) in [5.41, 5.74) is 4.77. The van der Waals surface area contributed by atoms with E-state index in [1.54, 1.807) is 6.21 Å². The van der Waals surface area contributed by atoms with Crippen molar-refractivity contribution >= 4 is 27.8 Å². The van der Waals surface area contributed by atoms with E-state index in [-0.39, 0.29) is 6.29 Å².